The Balaban J connectivity index is 1.67. The maximum Gasteiger partial charge on any atom is 0.333 e. The molecule has 22 heavy (non-hydrogen) atoms. The fraction of sp³-hybridized carbons (Fsp3) is 0.429. The van der Waals surface area contributed by atoms with Crippen LogP contribution < -0.4 is 0 Å². The summed E-state index contributed by atoms with van der Waals surface area (Å²) in [5.74, 6) is -1.46. The molecule has 0 unspecified atom stereocenters. The van der Waals surface area contributed by atoms with Gasteiger partial charge in [-0.25, -0.2) is 9.78 Å². The summed E-state index contributed by atoms with van der Waals surface area (Å²) in [6.07, 6.45) is 2.71. The highest BCUT2D eigenvalue weighted by atomic mass is 33.1. The Hall–Kier alpha value is -1.54. The van der Waals surface area contributed by atoms with Gasteiger partial charge in [0.25, 0.3) is 11.8 Å². The van der Waals surface area contributed by atoms with Crippen LogP contribution in [0.3, 0.4) is 0 Å². The van der Waals surface area contributed by atoms with Crippen molar-refractivity contribution in [1.29, 1.82) is 0 Å². The van der Waals surface area contributed by atoms with Crippen molar-refractivity contribution in [3.63, 3.8) is 0 Å². The number of nitrogens with zero attached hydrogens (tertiary/aromatic N) is 2. The Labute approximate surface area is 136 Å². The monoisotopic (exact) mass is 340 g/mol. The highest BCUT2D eigenvalue weighted by Gasteiger charge is 2.32. The van der Waals surface area contributed by atoms with E-state index < -0.39 is 17.8 Å². The maximum absolute atomic E-state index is 11.7. The van der Waals surface area contributed by atoms with Gasteiger partial charge in [0.1, 0.15) is 5.03 Å². The van der Waals surface area contributed by atoms with Gasteiger partial charge in [0.2, 0.25) is 0 Å². The van der Waals surface area contributed by atoms with E-state index in [0.29, 0.717) is 11.5 Å². The third-order valence-electron chi connectivity index (χ3n) is 2.89. The molecule has 1 aromatic heterocycles. The first-order valence-corrected chi connectivity index (χ1v) is 9.08. The van der Waals surface area contributed by atoms with E-state index in [4.69, 9.17) is 4.84 Å². The van der Waals surface area contributed by atoms with E-state index in [1.165, 1.54) is 0 Å². The van der Waals surface area contributed by atoms with Crippen LogP contribution in [0.15, 0.2) is 29.4 Å². The molecule has 8 heteroatoms. The molecule has 2 amide bonds. The Morgan fingerprint density at radius 2 is 2.09 bits per heavy atom. The zero-order valence-electron chi connectivity index (χ0n) is 12.1. The van der Waals surface area contributed by atoms with E-state index in [1.807, 2.05) is 25.1 Å². The summed E-state index contributed by atoms with van der Waals surface area (Å²) in [6.45, 7) is 2.00. The van der Waals surface area contributed by atoms with E-state index in [1.54, 1.807) is 27.8 Å². The normalized spacial score (nSPS) is 16.0. The molecule has 0 N–H and O–H groups in total. The molecular formula is C14H16N2O4S2. The second-order valence-electron chi connectivity index (χ2n) is 4.74. The van der Waals surface area contributed by atoms with E-state index in [-0.39, 0.29) is 24.5 Å². The molecule has 1 saturated heterocycles. The number of carbonyl (C=O) groups is 3. The summed E-state index contributed by atoms with van der Waals surface area (Å²) in [5.41, 5.74) is 0. The molecule has 1 fully saturated rings. The van der Waals surface area contributed by atoms with Crippen LogP contribution in [0.5, 0.6) is 0 Å². The number of hydroxylamine groups is 2. The minimum absolute atomic E-state index is 0.110. The summed E-state index contributed by atoms with van der Waals surface area (Å²) in [7, 11) is 3.16. The Morgan fingerprint density at radius 1 is 1.36 bits per heavy atom. The lowest BCUT2D eigenvalue weighted by molar-refractivity contribution is -0.197. The molecule has 0 aliphatic carbocycles. The minimum atomic E-state index is -0.557. The molecular weight excluding hydrogens is 324 g/mol. The lowest BCUT2D eigenvalue weighted by atomic mass is 10.2. The molecule has 2 rings (SSSR count). The van der Waals surface area contributed by atoms with Crippen molar-refractivity contribution < 1.29 is 19.2 Å². The molecule has 1 aliphatic heterocycles. The smallest absolute Gasteiger partial charge is 0.330 e. The van der Waals surface area contributed by atoms with Gasteiger partial charge in [0.15, 0.2) is 0 Å². The predicted octanol–water partition coefficient (Wildman–Crippen LogP) is 2.60. The second-order valence-corrected chi connectivity index (χ2v) is 7.40. The van der Waals surface area contributed by atoms with Crippen LogP contribution in [0.1, 0.15) is 32.6 Å². The summed E-state index contributed by atoms with van der Waals surface area (Å²) >= 11 is 0. The second kappa shape index (κ2) is 8.19. The molecule has 2 heterocycles. The number of pyridine rings is 1. The molecule has 118 valence electrons. The first kappa shape index (κ1) is 16.8. The van der Waals surface area contributed by atoms with Crippen molar-refractivity contribution in [3.05, 3.63) is 24.4 Å². The van der Waals surface area contributed by atoms with Gasteiger partial charge in [-0.1, -0.05) is 23.8 Å². The quantitative estimate of drug-likeness (QED) is 0.558. The van der Waals surface area contributed by atoms with Crippen LogP contribution in [0.4, 0.5) is 0 Å². The Bertz CT molecular complexity index is 537. The van der Waals surface area contributed by atoms with Crippen LogP contribution in [0.2, 0.25) is 0 Å². The number of hydrogen-bond acceptors (Lipinski definition) is 7. The summed E-state index contributed by atoms with van der Waals surface area (Å²) in [6, 6.07) is 5.69. The van der Waals surface area contributed by atoms with Crippen molar-refractivity contribution >= 4 is 39.4 Å². The van der Waals surface area contributed by atoms with Crippen LogP contribution in [-0.4, -0.2) is 33.1 Å². The van der Waals surface area contributed by atoms with E-state index in [2.05, 4.69) is 4.98 Å². The summed E-state index contributed by atoms with van der Waals surface area (Å²) in [5, 5.41) is 1.71. The Kier molecular flexibility index (Phi) is 6.26. The van der Waals surface area contributed by atoms with E-state index in [9.17, 15) is 14.4 Å². The number of imide groups is 1. The fourth-order valence-corrected chi connectivity index (χ4v) is 3.79. The largest absolute Gasteiger partial charge is 0.333 e. The van der Waals surface area contributed by atoms with Gasteiger partial charge in [-0.15, -0.1) is 5.06 Å². The van der Waals surface area contributed by atoms with E-state index >= 15 is 0 Å². The predicted molar refractivity (Wildman–Crippen MR) is 83.6 cm³/mol. The van der Waals surface area contributed by atoms with Gasteiger partial charge < -0.3 is 4.84 Å². The van der Waals surface area contributed by atoms with Crippen molar-refractivity contribution in [2.75, 3.05) is 0 Å². The summed E-state index contributed by atoms with van der Waals surface area (Å²) in [4.78, 5) is 43.4. The first-order valence-electron chi connectivity index (χ1n) is 6.87. The molecule has 1 atom stereocenters. The number of aromatic nitrogens is 1. The Morgan fingerprint density at radius 3 is 2.73 bits per heavy atom. The third kappa shape index (κ3) is 5.03. The van der Waals surface area contributed by atoms with E-state index in [0.717, 1.165) is 5.03 Å². The van der Waals surface area contributed by atoms with Gasteiger partial charge in [-0.2, -0.15) is 0 Å². The van der Waals surface area contributed by atoms with Crippen molar-refractivity contribution in [2.24, 2.45) is 0 Å². The van der Waals surface area contributed by atoms with Crippen LogP contribution in [-0.2, 0) is 19.2 Å². The first-order chi connectivity index (χ1) is 10.6. The van der Waals surface area contributed by atoms with Crippen molar-refractivity contribution in [3.8, 4) is 0 Å². The zero-order valence-corrected chi connectivity index (χ0v) is 13.7. The number of amides is 2. The standard InChI is InChI=1S/C14H16N2O4S2/c1-10(21-22-11-4-2-3-9-15-11)5-8-14(19)20-16-12(17)6-7-13(16)18/h2-4,9-10H,5-8H2,1H3/t10-/m1/s1. The molecule has 0 aromatic carbocycles. The highest BCUT2D eigenvalue weighted by Crippen LogP contribution is 2.34. The van der Waals surface area contributed by atoms with Gasteiger partial charge in [-0.3, -0.25) is 9.59 Å². The minimum Gasteiger partial charge on any atom is -0.330 e. The van der Waals surface area contributed by atoms with Crippen LogP contribution in [0.25, 0.3) is 0 Å². The summed E-state index contributed by atoms with van der Waals surface area (Å²) < 4.78 is 0. The van der Waals surface area contributed by atoms with Gasteiger partial charge in [0, 0.05) is 30.7 Å². The molecule has 0 saturated carbocycles. The van der Waals surface area contributed by atoms with Crippen LogP contribution >= 0.6 is 21.6 Å². The number of rotatable bonds is 7. The molecule has 0 radical (unpaired) electrons. The fourth-order valence-electron chi connectivity index (χ4n) is 1.70. The topological polar surface area (TPSA) is 76.6 Å². The molecule has 1 aromatic rings. The lowest BCUT2D eigenvalue weighted by Gasteiger charge is -2.13. The van der Waals surface area contributed by atoms with Crippen molar-refractivity contribution in [2.45, 2.75) is 42.9 Å². The lowest BCUT2D eigenvalue weighted by Crippen LogP contribution is -2.32. The van der Waals surface area contributed by atoms with Gasteiger partial charge in [0.05, 0.1) is 0 Å². The van der Waals surface area contributed by atoms with Gasteiger partial charge >= 0.3 is 5.97 Å². The van der Waals surface area contributed by atoms with Gasteiger partial charge in [-0.05, 0) is 29.3 Å². The highest BCUT2D eigenvalue weighted by molar-refractivity contribution is 8.76. The maximum atomic E-state index is 11.7. The molecule has 0 bridgehead atoms. The third-order valence-corrected chi connectivity index (χ3v) is 5.75. The molecule has 1 aliphatic rings. The number of hydrogen-bond donors (Lipinski definition) is 0. The average molecular weight is 340 g/mol. The zero-order chi connectivity index (χ0) is 15.9. The van der Waals surface area contributed by atoms with Crippen LogP contribution in [0, 0.1) is 0 Å². The molecule has 0 spiro atoms. The average Bonchev–Trinajstić information content (AvgIpc) is 2.84. The molecule has 6 nitrogen and oxygen atoms in total. The van der Waals surface area contributed by atoms with Crippen molar-refractivity contribution in [1.82, 2.24) is 10.0 Å². The SMILES string of the molecule is C[C@H](CCC(=O)ON1C(=O)CCC1=O)SSc1ccccn1. The number of carbonyl (C=O) groups excluding carboxylic acids is 3.